The first-order valence-electron chi connectivity index (χ1n) is 7.78. The Morgan fingerprint density at radius 2 is 1.94 bits per heavy atom. The zero-order valence-corrected chi connectivity index (χ0v) is 12.0. The predicted octanol–water partition coefficient (Wildman–Crippen LogP) is 2.08. The lowest BCUT2D eigenvalue weighted by molar-refractivity contribution is -0.146. The van der Waals surface area contributed by atoms with E-state index in [-0.39, 0.29) is 5.72 Å². The molecule has 0 aromatic rings. The van der Waals surface area contributed by atoms with Crippen molar-refractivity contribution < 1.29 is 4.74 Å². The van der Waals surface area contributed by atoms with Crippen molar-refractivity contribution in [2.45, 2.75) is 45.3 Å². The fraction of sp³-hybridized carbons (Fsp3) is 1.00. The second kappa shape index (κ2) is 5.10. The summed E-state index contributed by atoms with van der Waals surface area (Å²) in [6, 6.07) is 0. The lowest BCUT2D eigenvalue weighted by Crippen LogP contribution is -2.60. The Kier molecular flexibility index (Phi) is 3.65. The van der Waals surface area contributed by atoms with Gasteiger partial charge in [-0.15, -0.1) is 0 Å². The molecule has 0 aromatic heterocycles. The Morgan fingerprint density at radius 3 is 2.44 bits per heavy atom. The molecule has 1 spiro atoms. The van der Waals surface area contributed by atoms with Gasteiger partial charge in [0, 0.05) is 39.0 Å². The summed E-state index contributed by atoms with van der Waals surface area (Å²) in [7, 11) is 0. The molecular weight excluding hydrogens is 224 g/mol. The lowest BCUT2D eigenvalue weighted by atomic mass is 9.94. The average Bonchev–Trinajstić information content (AvgIpc) is 3.17. The minimum atomic E-state index is 0.0267. The zero-order valence-electron chi connectivity index (χ0n) is 12.0. The molecule has 104 valence electrons. The largest absolute Gasteiger partial charge is 0.360 e. The molecule has 0 amide bonds. The molecule has 0 bridgehead atoms. The van der Waals surface area contributed by atoms with Crippen LogP contribution < -0.4 is 5.32 Å². The van der Waals surface area contributed by atoms with Crippen molar-refractivity contribution in [3.8, 4) is 0 Å². The van der Waals surface area contributed by atoms with Gasteiger partial charge in [-0.25, -0.2) is 0 Å². The van der Waals surface area contributed by atoms with Crippen LogP contribution in [0.25, 0.3) is 0 Å². The van der Waals surface area contributed by atoms with E-state index in [2.05, 4.69) is 24.1 Å². The van der Waals surface area contributed by atoms with Crippen LogP contribution in [-0.4, -0.2) is 43.4 Å². The molecule has 3 heteroatoms. The molecule has 3 fully saturated rings. The number of piperidine rings is 1. The summed E-state index contributed by atoms with van der Waals surface area (Å²) in [5.74, 6) is 2.54. The molecule has 0 radical (unpaired) electrons. The molecule has 18 heavy (non-hydrogen) atoms. The van der Waals surface area contributed by atoms with Gasteiger partial charge >= 0.3 is 0 Å². The maximum Gasteiger partial charge on any atom is 0.121 e. The minimum absolute atomic E-state index is 0.0267. The van der Waals surface area contributed by atoms with Crippen LogP contribution in [-0.2, 0) is 4.74 Å². The topological polar surface area (TPSA) is 24.5 Å². The third-order valence-corrected chi connectivity index (χ3v) is 4.84. The molecule has 3 nitrogen and oxygen atoms in total. The lowest BCUT2D eigenvalue weighted by Gasteiger charge is -2.46. The average molecular weight is 252 g/mol. The number of likely N-dealkylation sites (tertiary alicyclic amines) is 1. The van der Waals surface area contributed by atoms with Crippen LogP contribution in [0.15, 0.2) is 0 Å². The molecule has 1 aliphatic carbocycles. The normalized spacial score (nSPS) is 33.2. The highest BCUT2D eigenvalue weighted by atomic mass is 16.5. The van der Waals surface area contributed by atoms with Crippen LogP contribution in [0.1, 0.15) is 39.5 Å². The molecule has 0 aromatic carbocycles. The van der Waals surface area contributed by atoms with Crippen LogP contribution >= 0.6 is 0 Å². The van der Waals surface area contributed by atoms with Crippen molar-refractivity contribution in [1.82, 2.24) is 10.2 Å². The highest BCUT2D eigenvalue weighted by molar-refractivity contribution is 4.93. The van der Waals surface area contributed by atoms with Gasteiger partial charge in [0.15, 0.2) is 0 Å². The highest BCUT2D eigenvalue weighted by Gasteiger charge is 2.42. The number of rotatable bonds is 3. The van der Waals surface area contributed by atoms with Crippen molar-refractivity contribution in [1.29, 1.82) is 0 Å². The SMILES string of the molecule is CC(C)CN1CCC2(CC1)NCC(C1CC1)CO2. The number of hydrogen-bond donors (Lipinski definition) is 1. The van der Waals surface area contributed by atoms with E-state index in [9.17, 15) is 0 Å². The van der Waals surface area contributed by atoms with Gasteiger partial charge in [-0.05, 0) is 30.6 Å². The first-order valence-corrected chi connectivity index (χ1v) is 7.78. The van der Waals surface area contributed by atoms with Crippen LogP contribution in [0, 0.1) is 17.8 Å². The summed E-state index contributed by atoms with van der Waals surface area (Å²) < 4.78 is 6.24. The molecule has 2 aliphatic heterocycles. The van der Waals surface area contributed by atoms with Crippen LogP contribution in [0.3, 0.4) is 0 Å². The molecule has 1 atom stereocenters. The van der Waals surface area contributed by atoms with Crippen molar-refractivity contribution >= 4 is 0 Å². The molecule has 1 saturated carbocycles. The molecule has 1 N–H and O–H groups in total. The fourth-order valence-electron chi connectivity index (χ4n) is 3.50. The van der Waals surface area contributed by atoms with Gasteiger partial charge in [-0.3, -0.25) is 5.32 Å². The Labute approximate surface area is 111 Å². The minimum Gasteiger partial charge on any atom is -0.360 e. The maximum atomic E-state index is 6.24. The first kappa shape index (κ1) is 12.9. The Bertz CT molecular complexity index is 270. The first-order chi connectivity index (χ1) is 8.67. The predicted molar refractivity (Wildman–Crippen MR) is 73.4 cm³/mol. The second-order valence-corrected chi connectivity index (χ2v) is 6.98. The number of ether oxygens (including phenoxy) is 1. The van der Waals surface area contributed by atoms with E-state index in [1.807, 2.05) is 0 Å². The number of hydrogen-bond acceptors (Lipinski definition) is 3. The summed E-state index contributed by atoms with van der Waals surface area (Å²) in [6.45, 7) is 10.4. The zero-order chi connectivity index (χ0) is 12.6. The van der Waals surface area contributed by atoms with Gasteiger partial charge < -0.3 is 9.64 Å². The standard InChI is InChI=1S/C15H28N2O/c1-12(2)10-17-7-5-15(6-8-17)16-9-14(11-18-15)13-3-4-13/h12-14,16H,3-11H2,1-2H3. The Morgan fingerprint density at radius 1 is 1.22 bits per heavy atom. The summed E-state index contributed by atoms with van der Waals surface area (Å²) in [5, 5.41) is 3.73. The van der Waals surface area contributed by atoms with E-state index in [4.69, 9.17) is 4.74 Å². The molecular formula is C15H28N2O. The van der Waals surface area contributed by atoms with E-state index in [1.165, 1.54) is 39.0 Å². The molecule has 2 heterocycles. The second-order valence-electron chi connectivity index (χ2n) is 6.98. The van der Waals surface area contributed by atoms with Crippen LogP contribution in [0.5, 0.6) is 0 Å². The third kappa shape index (κ3) is 2.89. The van der Waals surface area contributed by atoms with Crippen molar-refractivity contribution in [2.75, 3.05) is 32.8 Å². The van der Waals surface area contributed by atoms with Crippen LogP contribution in [0.2, 0.25) is 0 Å². The maximum absolute atomic E-state index is 6.24. The monoisotopic (exact) mass is 252 g/mol. The van der Waals surface area contributed by atoms with Gasteiger partial charge in [0.1, 0.15) is 5.72 Å². The van der Waals surface area contributed by atoms with E-state index in [0.717, 1.165) is 37.2 Å². The van der Waals surface area contributed by atoms with Gasteiger partial charge in [0.25, 0.3) is 0 Å². The fourth-order valence-corrected chi connectivity index (χ4v) is 3.50. The Hall–Kier alpha value is -0.120. The van der Waals surface area contributed by atoms with Crippen molar-refractivity contribution in [3.63, 3.8) is 0 Å². The Balaban J connectivity index is 1.46. The van der Waals surface area contributed by atoms with E-state index < -0.39 is 0 Å². The number of nitrogens with one attached hydrogen (secondary N) is 1. The van der Waals surface area contributed by atoms with Crippen LogP contribution in [0.4, 0.5) is 0 Å². The molecule has 3 rings (SSSR count). The summed E-state index contributed by atoms with van der Waals surface area (Å²) in [5.41, 5.74) is 0.0267. The van der Waals surface area contributed by atoms with Crippen molar-refractivity contribution in [3.05, 3.63) is 0 Å². The molecule has 3 aliphatic rings. The quantitative estimate of drug-likeness (QED) is 0.832. The van der Waals surface area contributed by atoms with Crippen molar-refractivity contribution in [2.24, 2.45) is 17.8 Å². The van der Waals surface area contributed by atoms with Gasteiger partial charge in [-0.2, -0.15) is 0 Å². The summed E-state index contributed by atoms with van der Waals surface area (Å²) in [6.07, 6.45) is 5.20. The van der Waals surface area contributed by atoms with Gasteiger partial charge in [0.05, 0.1) is 6.61 Å². The molecule has 2 saturated heterocycles. The summed E-state index contributed by atoms with van der Waals surface area (Å²) >= 11 is 0. The summed E-state index contributed by atoms with van der Waals surface area (Å²) in [4.78, 5) is 2.59. The highest BCUT2D eigenvalue weighted by Crippen LogP contribution is 2.40. The third-order valence-electron chi connectivity index (χ3n) is 4.84. The van der Waals surface area contributed by atoms with E-state index in [1.54, 1.807) is 0 Å². The number of nitrogens with zero attached hydrogens (tertiary/aromatic N) is 1. The van der Waals surface area contributed by atoms with E-state index >= 15 is 0 Å². The van der Waals surface area contributed by atoms with Gasteiger partial charge in [0.2, 0.25) is 0 Å². The molecule has 1 unspecified atom stereocenters. The smallest absolute Gasteiger partial charge is 0.121 e. The van der Waals surface area contributed by atoms with Gasteiger partial charge in [-0.1, -0.05) is 13.8 Å². The van der Waals surface area contributed by atoms with E-state index in [0.29, 0.717) is 0 Å².